The molecule has 152 valence electrons. The Balaban J connectivity index is 1.59. The fraction of sp³-hybridized carbons (Fsp3) is 0.333. The molecule has 0 unspecified atom stereocenters. The van der Waals surface area contributed by atoms with Gasteiger partial charge in [0, 0.05) is 36.3 Å². The number of aromatic nitrogens is 1. The zero-order chi connectivity index (χ0) is 21.0. The summed E-state index contributed by atoms with van der Waals surface area (Å²) in [5.74, 6) is -0.319. The summed E-state index contributed by atoms with van der Waals surface area (Å²) in [7, 11) is 0. The molecule has 29 heavy (non-hydrogen) atoms. The van der Waals surface area contributed by atoms with E-state index in [1.807, 2.05) is 48.7 Å². The van der Waals surface area contributed by atoms with Crippen LogP contribution in [-0.4, -0.2) is 29.9 Å². The van der Waals surface area contributed by atoms with Gasteiger partial charge >= 0.3 is 0 Å². The molecular weight excluding hydrogens is 362 g/mol. The van der Waals surface area contributed by atoms with Crippen LogP contribution in [0.1, 0.15) is 38.8 Å². The number of rotatable bonds is 6. The number of anilines is 1. The number of H-pyrrole nitrogens is 1. The first kappa shape index (κ1) is 20.6. The van der Waals surface area contributed by atoms with E-state index in [9.17, 15) is 9.59 Å². The van der Waals surface area contributed by atoms with Crippen molar-refractivity contribution in [3.8, 4) is 0 Å². The van der Waals surface area contributed by atoms with E-state index in [-0.39, 0.29) is 23.8 Å². The molecule has 0 aliphatic heterocycles. The van der Waals surface area contributed by atoms with Crippen molar-refractivity contribution in [1.29, 1.82) is 0 Å². The fourth-order valence-electron chi connectivity index (χ4n) is 3.40. The Labute approximate surface area is 172 Å². The maximum atomic E-state index is 12.4. The van der Waals surface area contributed by atoms with E-state index in [1.165, 1.54) is 28.3 Å². The van der Waals surface area contributed by atoms with Gasteiger partial charge in [-0.15, -0.1) is 0 Å². The summed E-state index contributed by atoms with van der Waals surface area (Å²) in [5.41, 5.74) is 4.22. The quantitative estimate of drug-likeness (QED) is 0.662. The summed E-state index contributed by atoms with van der Waals surface area (Å²) < 4.78 is 0. The smallest absolute Gasteiger partial charge is 0.240 e. The maximum Gasteiger partial charge on any atom is 0.240 e. The molecule has 1 heterocycles. The van der Waals surface area contributed by atoms with Crippen molar-refractivity contribution < 1.29 is 9.59 Å². The van der Waals surface area contributed by atoms with Crippen LogP contribution in [0.25, 0.3) is 10.9 Å². The Morgan fingerprint density at radius 2 is 1.72 bits per heavy atom. The lowest BCUT2D eigenvalue weighted by atomic mass is 9.87. The summed E-state index contributed by atoms with van der Waals surface area (Å²) in [6.07, 6.45) is 2.71. The molecule has 2 N–H and O–H groups in total. The average Bonchev–Trinajstić information content (AvgIpc) is 3.09. The van der Waals surface area contributed by atoms with Crippen LogP contribution >= 0.6 is 0 Å². The van der Waals surface area contributed by atoms with Crippen molar-refractivity contribution in [3.63, 3.8) is 0 Å². The van der Waals surface area contributed by atoms with Crippen LogP contribution < -0.4 is 10.2 Å². The van der Waals surface area contributed by atoms with Crippen molar-refractivity contribution in [2.75, 3.05) is 18.0 Å². The first-order valence-electron chi connectivity index (χ1n) is 9.96. The third-order valence-electron chi connectivity index (χ3n) is 5.12. The molecule has 5 heteroatoms. The number of hydrogen-bond acceptors (Lipinski definition) is 2. The third-order valence-corrected chi connectivity index (χ3v) is 5.12. The van der Waals surface area contributed by atoms with Crippen molar-refractivity contribution >= 4 is 28.4 Å². The first-order chi connectivity index (χ1) is 13.8. The van der Waals surface area contributed by atoms with Crippen LogP contribution in [-0.2, 0) is 21.4 Å². The van der Waals surface area contributed by atoms with E-state index < -0.39 is 0 Å². The Morgan fingerprint density at radius 3 is 2.38 bits per heavy atom. The molecule has 5 nitrogen and oxygen atoms in total. The highest BCUT2D eigenvalue weighted by Gasteiger charge is 2.18. The summed E-state index contributed by atoms with van der Waals surface area (Å²) in [4.78, 5) is 29.3. The third kappa shape index (κ3) is 5.05. The number of fused-ring (bicyclic) bond motifs is 1. The van der Waals surface area contributed by atoms with E-state index in [2.05, 4.69) is 37.1 Å². The van der Waals surface area contributed by atoms with Crippen LogP contribution in [0.2, 0.25) is 0 Å². The van der Waals surface area contributed by atoms with Gasteiger partial charge in [0.25, 0.3) is 0 Å². The first-order valence-corrected chi connectivity index (χ1v) is 9.96. The van der Waals surface area contributed by atoms with Crippen molar-refractivity contribution in [3.05, 3.63) is 65.9 Å². The minimum absolute atomic E-state index is 0.0120. The molecule has 0 aliphatic carbocycles. The molecule has 0 saturated carbocycles. The van der Waals surface area contributed by atoms with E-state index in [0.29, 0.717) is 6.54 Å². The second-order valence-electron chi connectivity index (χ2n) is 8.36. The zero-order valence-electron chi connectivity index (χ0n) is 17.6. The van der Waals surface area contributed by atoms with Crippen molar-refractivity contribution in [2.45, 2.75) is 39.5 Å². The van der Waals surface area contributed by atoms with Gasteiger partial charge in [0.05, 0.1) is 0 Å². The van der Waals surface area contributed by atoms with Crippen LogP contribution in [0.4, 0.5) is 5.69 Å². The van der Waals surface area contributed by atoms with Crippen molar-refractivity contribution in [2.24, 2.45) is 0 Å². The number of aromatic amines is 1. The molecule has 0 spiro atoms. The monoisotopic (exact) mass is 391 g/mol. The molecule has 0 bridgehead atoms. The molecule has 0 radical (unpaired) electrons. The van der Waals surface area contributed by atoms with Crippen LogP contribution in [0.15, 0.2) is 54.7 Å². The number of carbonyl (C=O) groups excluding carboxylic acids is 2. The van der Waals surface area contributed by atoms with Gasteiger partial charge < -0.3 is 15.2 Å². The minimum Gasteiger partial charge on any atom is -0.361 e. The second kappa shape index (κ2) is 8.52. The maximum absolute atomic E-state index is 12.4. The predicted octanol–water partition coefficient (Wildman–Crippen LogP) is 4.18. The van der Waals surface area contributed by atoms with Gasteiger partial charge in [-0.25, -0.2) is 0 Å². The number of amides is 2. The number of carbonyl (C=O) groups is 2. The Morgan fingerprint density at radius 1 is 1.03 bits per heavy atom. The van der Waals surface area contributed by atoms with Crippen molar-refractivity contribution in [1.82, 2.24) is 10.3 Å². The summed E-state index contributed by atoms with van der Waals surface area (Å²) in [6.45, 7) is 8.45. The summed E-state index contributed by atoms with van der Waals surface area (Å²) in [5, 5.41) is 4.10. The van der Waals surface area contributed by atoms with Crippen LogP contribution in [0.5, 0.6) is 0 Å². The Bertz CT molecular complexity index is 997. The molecule has 0 fully saturated rings. The van der Waals surface area contributed by atoms with Gasteiger partial charge in [-0.05, 0) is 41.2 Å². The molecule has 0 aliphatic rings. The largest absolute Gasteiger partial charge is 0.361 e. The molecule has 3 aromatic rings. The van der Waals surface area contributed by atoms with E-state index in [4.69, 9.17) is 0 Å². The van der Waals surface area contributed by atoms with Gasteiger partial charge in [0.1, 0.15) is 6.54 Å². The highest BCUT2D eigenvalue weighted by Crippen LogP contribution is 2.25. The SMILES string of the molecule is CC(=O)N(CC(=O)NCCc1c[nH]c2ccccc12)c1ccc(C(C)(C)C)cc1. The minimum atomic E-state index is -0.167. The molecule has 2 aromatic carbocycles. The normalized spacial score (nSPS) is 11.4. The molecule has 1 aromatic heterocycles. The van der Waals surface area contributed by atoms with Crippen LogP contribution in [0.3, 0.4) is 0 Å². The number of nitrogens with zero attached hydrogens (tertiary/aromatic N) is 1. The van der Waals surface area contributed by atoms with Gasteiger partial charge in [-0.1, -0.05) is 51.1 Å². The standard InChI is InChI=1S/C24H29N3O2/c1-17(28)27(20-11-9-19(10-12-20)24(2,3)4)16-23(29)25-14-13-18-15-26-22-8-6-5-7-21(18)22/h5-12,15,26H,13-14,16H2,1-4H3,(H,25,29). The summed E-state index contributed by atoms with van der Waals surface area (Å²) >= 11 is 0. The molecule has 0 saturated heterocycles. The topological polar surface area (TPSA) is 65.2 Å². The number of hydrogen-bond donors (Lipinski definition) is 2. The van der Waals surface area contributed by atoms with E-state index in [1.54, 1.807) is 0 Å². The van der Waals surface area contributed by atoms with Crippen LogP contribution in [0, 0.1) is 0 Å². The molecule has 0 atom stereocenters. The van der Waals surface area contributed by atoms with Gasteiger partial charge in [0.15, 0.2) is 0 Å². The lowest BCUT2D eigenvalue weighted by Gasteiger charge is -2.23. The Kier molecular flexibility index (Phi) is 6.06. The highest BCUT2D eigenvalue weighted by molar-refractivity contribution is 5.97. The number of para-hydroxylation sites is 1. The lowest BCUT2D eigenvalue weighted by molar-refractivity contribution is -0.123. The predicted molar refractivity (Wildman–Crippen MR) is 118 cm³/mol. The molecule has 2 amide bonds. The number of nitrogens with one attached hydrogen (secondary N) is 2. The zero-order valence-corrected chi connectivity index (χ0v) is 17.6. The summed E-state index contributed by atoms with van der Waals surface area (Å²) in [6, 6.07) is 15.9. The molecule has 3 rings (SSSR count). The van der Waals surface area contributed by atoms with Gasteiger partial charge in [0.2, 0.25) is 11.8 Å². The lowest BCUT2D eigenvalue weighted by Crippen LogP contribution is -2.40. The Hall–Kier alpha value is -3.08. The van der Waals surface area contributed by atoms with Gasteiger partial charge in [-0.3, -0.25) is 9.59 Å². The number of benzene rings is 2. The highest BCUT2D eigenvalue weighted by atomic mass is 16.2. The fourth-order valence-corrected chi connectivity index (χ4v) is 3.40. The average molecular weight is 392 g/mol. The van der Waals surface area contributed by atoms with Gasteiger partial charge in [-0.2, -0.15) is 0 Å². The molecular formula is C24H29N3O2. The second-order valence-corrected chi connectivity index (χ2v) is 8.36. The van der Waals surface area contributed by atoms with E-state index >= 15 is 0 Å². The van der Waals surface area contributed by atoms with E-state index in [0.717, 1.165) is 17.6 Å².